The zero-order valence-corrected chi connectivity index (χ0v) is 12.6. The van der Waals surface area contributed by atoms with Crippen molar-refractivity contribution in [3.8, 4) is 0 Å². The Labute approximate surface area is 122 Å². The number of halogens is 2. The molecule has 0 radical (unpaired) electrons. The van der Waals surface area contributed by atoms with E-state index in [-0.39, 0.29) is 0 Å². The van der Waals surface area contributed by atoms with E-state index >= 15 is 0 Å². The van der Waals surface area contributed by atoms with Gasteiger partial charge < -0.3 is 4.90 Å². The van der Waals surface area contributed by atoms with Crippen LogP contribution in [-0.4, -0.2) is 6.54 Å². The van der Waals surface area contributed by atoms with E-state index < -0.39 is 0 Å². The average molecular weight is 325 g/mol. The number of rotatable bonds is 4. The summed E-state index contributed by atoms with van der Waals surface area (Å²) in [7, 11) is 0. The van der Waals surface area contributed by atoms with Gasteiger partial charge in [0.25, 0.3) is 0 Å². The molecular formula is C15H15BrClN. The van der Waals surface area contributed by atoms with E-state index in [1.807, 2.05) is 30.3 Å². The molecular weight excluding hydrogens is 310 g/mol. The van der Waals surface area contributed by atoms with E-state index in [9.17, 15) is 0 Å². The van der Waals surface area contributed by atoms with Gasteiger partial charge in [-0.15, -0.1) is 0 Å². The van der Waals surface area contributed by atoms with Crippen LogP contribution >= 0.6 is 27.5 Å². The topological polar surface area (TPSA) is 3.24 Å². The fraction of sp³-hybridized carbons (Fsp3) is 0.200. The third-order valence-corrected chi connectivity index (χ3v) is 3.51. The number of hydrogen-bond donors (Lipinski definition) is 0. The first-order valence-corrected chi connectivity index (χ1v) is 7.17. The maximum atomic E-state index is 6.34. The molecule has 0 aromatic heterocycles. The summed E-state index contributed by atoms with van der Waals surface area (Å²) in [5.41, 5.74) is 2.22. The monoisotopic (exact) mass is 323 g/mol. The molecule has 0 unspecified atom stereocenters. The minimum absolute atomic E-state index is 0.765. The third-order valence-electron chi connectivity index (χ3n) is 2.72. The van der Waals surface area contributed by atoms with Crippen molar-refractivity contribution < 1.29 is 0 Å². The maximum absolute atomic E-state index is 6.34. The van der Waals surface area contributed by atoms with Gasteiger partial charge in [0, 0.05) is 16.7 Å². The summed E-state index contributed by atoms with van der Waals surface area (Å²) in [5, 5.41) is 0.765. The number of nitrogens with zero attached hydrogens (tertiary/aromatic N) is 1. The minimum atomic E-state index is 0.765. The van der Waals surface area contributed by atoms with Crippen LogP contribution in [0, 0.1) is 0 Å². The van der Waals surface area contributed by atoms with Gasteiger partial charge in [-0.1, -0.05) is 52.7 Å². The van der Waals surface area contributed by atoms with Crippen molar-refractivity contribution in [3.63, 3.8) is 0 Å². The highest BCUT2D eigenvalue weighted by Gasteiger charge is 2.11. The first-order chi connectivity index (χ1) is 8.72. The lowest BCUT2D eigenvalue weighted by molar-refractivity contribution is 0.885. The standard InChI is InChI=1S/C15H15BrClN/c1-2-10-18(13-6-4-3-5-7-13)15-9-8-12(16)11-14(15)17/h3-9,11H,2,10H2,1H3. The Morgan fingerprint density at radius 1 is 1.11 bits per heavy atom. The SMILES string of the molecule is CCCN(c1ccccc1)c1ccc(Br)cc1Cl. The highest BCUT2D eigenvalue weighted by Crippen LogP contribution is 2.33. The molecule has 0 N–H and O–H groups in total. The zero-order valence-electron chi connectivity index (χ0n) is 10.2. The Morgan fingerprint density at radius 3 is 2.44 bits per heavy atom. The summed E-state index contributed by atoms with van der Waals surface area (Å²) >= 11 is 9.78. The summed E-state index contributed by atoms with van der Waals surface area (Å²) in [6.45, 7) is 3.12. The summed E-state index contributed by atoms with van der Waals surface area (Å²) in [6, 6.07) is 16.3. The third kappa shape index (κ3) is 3.06. The number of benzene rings is 2. The van der Waals surface area contributed by atoms with Gasteiger partial charge >= 0.3 is 0 Å². The zero-order chi connectivity index (χ0) is 13.0. The second-order valence-corrected chi connectivity index (χ2v) is 5.41. The lowest BCUT2D eigenvalue weighted by atomic mass is 10.2. The highest BCUT2D eigenvalue weighted by atomic mass is 79.9. The largest absolute Gasteiger partial charge is 0.340 e. The summed E-state index contributed by atoms with van der Waals surface area (Å²) in [4.78, 5) is 2.24. The smallest absolute Gasteiger partial charge is 0.0654 e. The van der Waals surface area contributed by atoms with Crippen LogP contribution in [0.2, 0.25) is 5.02 Å². The van der Waals surface area contributed by atoms with Gasteiger partial charge in [-0.05, 0) is 36.8 Å². The molecule has 0 spiro atoms. The van der Waals surface area contributed by atoms with Gasteiger partial charge in [0.1, 0.15) is 0 Å². The average Bonchev–Trinajstić information content (AvgIpc) is 2.38. The van der Waals surface area contributed by atoms with Gasteiger partial charge in [0.15, 0.2) is 0 Å². The van der Waals surface area contributed by atoms with Gasteiger partial charge in [-0.2, -0.15) is 0 Å². The molecule has 94 valence electrons. The first kappa shape index (κ1) is 13.4. The van der Waals surface area contributed by atoms with Crippen LogP contribution in [0.3, 0.4) is 0 Å². The quantitative estimate of drug-likeness (QED) is 0.702. The molecule has 0 aliphatic carbocycles. The van der Waals surface area contributed by atoms with E-state index in [1.54, 1.807) is 0 Å². The van der Waals surface area contributed by atoms with Gasteiger partial charge in [-0.3, -0.25) is 0 Å². The second-order valence-electron chi connectivity index (χ2n) is 4.08. The van der Waals surface area contributed by atoms with Crippen LogP contribution in [0.5, 0.6) is 0 Å². The minimum Gasteiger partial charge on any atom is -0.340 e. The normalized spacial score (nSPS) is 10.4. The van der Waals surface area contributed by atoms with Crippen LogP contribution < -0.4 is 4.90 Å². The molecule has 0 bridgehead atoms. The molecule has 0 saturated heterocycles. The van der Waals surface area contributed by atoms with Gasteiger partial charge in [-0.25, -0.2) is 0 Å². The van der Waals surface area contributed by atoms with E-state index in [2.05, 4.69) is 46.0 Å². The molecule has 2 rings (SSSR count). The van der Waals surface area contributed by atoms with E-state index in [4.69, 9.17) is 11.6 Å². The molecule has 3 heteroatoms. The van der Waals surface area contributed by atoms with Crippen molar-refractivity contribution in [1.82, 2.24) is 0 Å². The van der Waals surface area contributed by atoms with Crippen LogP contribution in [0.25, 0.3) is 0 Å². The van der Waals surface area contributed by atoms with Gasteiger partial charge in [0.05, 0.1) is 10.7 Å². The van der Waals surface area contributed by atoms with Crippen molar-refractivity contribution in [3.05, 3.63) is 58.0 Å². The molecule has 0 aliphatic heterocycles. The predicted octanol–water partition coefficient (Wildman–Crippen LogP) is 5.65. The number of hydrogen-bond acceptors (Lipinski definition) is 1. The fourth-order valence-electron chi connectivity index (χ4n) is 1.92. The summed E-state index contributed by atoms with van der Waals surface area (Å²) in [5.74, 6) is 0. The summed E-state index contributed by atoms with van der Waals surface area (Å²) in [6.07, 6.45) is 1.07. The molecule has 18 heavy (non-hydrogen) atoms. The predicted molar refractivity (Wildman–Crippen MR) is 82.9 cm³/mol. The van der Waals surface area contributed by atoms with Crippen molar-refractivity contribution in [2.75, 3.05) is 11.4 Å². The van der Waals surface area contributed by atoms with Crippen molar-refractivity contribution in [2.24, 2.45) is 0 Å². The van der Waals surface area contributed by atoms with Gasteiger partial charge in [0.2, 0.25) is 0 Å². The lowest BCUT2D eigenvalue weighted by Gasteiger charge is -2.25. The Bertz CT molecular complexity index is 513. The molecule has 0 atom stereocenters. The molecule has 0 saturated carbocycles. The Balaban J connectivity index is 2.41. The fourth-order valence-corrected chi connectivity index (χ4v) is 2.70. The van der Waals surface area contributed by atoms with Crippen molar-refractivity contribution >= 4 is 38.9 Å². The van der Waals surface area contributed by atoms with Crippen LogP contribution in [0.15, 0.2) is 53.0 Å². The summed E-state index contributed by atoms with van der Waals surface area (Å²) < 4.78 is 1.00. The Hall–Kier alpha value is -0.990. The van der Waals surface area contributed by atoms with Crippen LogP contribution in [-0.2, 0) is 0 Å². The van der Waals surface area contributed by atoms with E-state index in [0.717, 1.165) is 28.1 Å². The number of para-hydroxylation sites is 1. The Morgan fingerprint density at radius 2 is 1.83 bits per heavy atom. The van der Waals surface area contributed by atoms with Crippen LogP contribution in [0.4, 0.5) is 11.4 Å². The first-order valence-electron chi connectivity index (χ1n) is 6.00. The highest BCUT2D eigenvalue weighted by molar-refractivity contribution is 9.10. The maximum Gasteiger partial charge on any atom is 0.0654 e. The van der Waals surface area contributed by atoms with Crippen molar-refractivity contribution in [2.45, 2.75) is 13.3 Å². The van der Waals surface area contributed by atoms with E-state index in [1.165, 1.54) is 5.69 Å². The molecule has 2 aromatic carbocycles. The second kappa shape index (κ2) is 6.26. The molecule has 1 nitrogen and oxygen atoms in total. The van der Waals surface area contributed by atoms with Crippen LogP contribution in [0.1, 0.15) is 13.3 Å². The molecule has 0 fully saturated rings. The molecule has 2 aromatic rings. The Kier molecular flexibility index (Phi) is 4.67. The number of anilines is 2. The van der Waals surface area contributed by atoms with E-state index in [0.29, 0.717) is 0 Å². The van der Waals surface area contributed by atoms with Crippen molar-refractivity contribution in [1.29, 1.82) is 0 Å². The molecule has 0 amide bonds. The lowest BCUT2D eigenvalue weighted by Crippen LogP contribution is -2.18. The molecule has 0 aliphatic rings. The molecule has 0 heterocycles.